The second-order valence-corrected chi connectivity index (χ2v) is 4.42. The number of halogens is 2. The third-order valence-electron chi connectivity index (χ3n) is 2.55. The molecule has 0 spiro atoms. The van der Waals surface area contributed by atoms with Gasteiger partial charge in [-0.05, 0) is 32.0 Å². The summed E-state index contributed by atoms with van der Waals surface area (Å²) in [7, 11) is 0. The van der Waals surface area contributed by atoms with Crippen LogP contribution in [0.5, 0.6) is 0 Å². The molecule has 0 fully saturated rings. The molecular formula is C12H17F2NO2. The molecule has 0 saturated carbocycles. The van der Waals surface area contributed by atoms with Crippen molar-refractivity contribution in [2.75, 3.05) is 13.2 Å². The summed E-state index contributed by atoms with van der Waals surface area (Å²) in [5, 5.41) is 21.3. The highest BCUT2D eigenvalue weighted by Gasteiger charge is 2.21. The Hall–Kier alpha value is -1.04. The number of aliphatic hydroxyl groups excluding tert-OH is 1. The van der Waals surface area contributed by atoms with E-state index >= 15 is 0 Å². The second-order valence-electron chi connectivity index (χ2n) is 4.42. The fraction of sp³-hybridized carbons (Fsp3) is 0.500. The van der Waals surface area contributed by atoms with Gasteiger partial charge in [0, 0.05) is 18.2 Å². The van der Waals surface area contributed by atoms with Gasteiger partial charge in [0.1, 0.15) is 11.6 Å². The number of rotatable bonds is 5. The van der Waals surface area contributed by atoms with E-state index in [1.54, 1.807) is 6.92 Å². The maximum absolute atomic E-state index is 13.4. The largest absolute Gasteiger partial charge is 0.393 e. The van der Waals surface area contributed by atoms with Gasteiger partial charge < -0.3 is 15.5 Å². The zero-order valence-corrected chi connectivity index (χ0v) is 9.87. The van der Waals surface area contributed by atoms with Crippen LogP contribution in [0.3, 0.4) is 0 Å². The number of hydrogen-bond acceptors (Lipinski definition) is 3. The Kier molecular flexibility index (Phi) is 4.56. The van der Waals surface area contributed by atoms with E-state index in [1.165, 1.54) is 6.92 Å². The first kappa shape index (κ1) is 14.0. The minimum Gasteiger partial charge on any atom is -0.393 e. The van der Waals surface area contributed by atoms with Crippen LogP contribution in [0.1, 0.15) is 25.5 Å². The molecule has 0 aromatic heterocycles. The first-order valence-corrected chi connectivity index (χ1v) is 5.37. The molecule has 0 aliphatic rings. The van der Waals surface area contributed by atoms with E-state index in [1.807, 2.05) is 0 Å². The predicted octanol–water partition coefficient (Wildman–Crippen LogP) is 1.36. The van der Waals surface area contributed by atoms with Crippen molar-refractivity contribution in [3.05, 3.63) is 35.4 Å². The van der Waals surface area contributed by atoms with Gasteiger partial charge in [-0.2, -0.15) is 0 Å². The summed E-state index contributed by atoms with van der Waals surface area (Å²) in [4.78, 5) is 0. The lowest BCUT2D eigenvalue weighted by atomic mass is 10.0. The Morgan fingerprint density at radius 3 is 2.65 bits per heavy atom. The number of aliphatic hydroxyl groups is 2. The Morgan fingerprint density at radius 2 is 2.06 bits per heavy atom. The van der Waals surface area contributed by atoms with E-state index in [-0.39, 0.29) is 12.1 Å². The van der Waals surface area contributed by atoms with Gasteiger partial charge in [0.15, 0.2) is 0 Å². The quantitative estimate of drug-likeness (QED) is 0.734. The molecule has 0 radical (unpaired) electrons. The van der Waals surface area contributed by atoms with Crippen molar-refractivity contribution in [2.24, 2.45) is 0 Å². The predicted molar refractivity (Wildman–Crippen MR) is 60.5 cm³/mol. The maximum Gasteiger partial charge on any atom is 0.128 e. The van der Waals surface area contributed by atoms with Gasteiger partial charge >= 0.3 is 0 Å². The molecule has 1 aromatic carbocycles. The van der Waals surface area contributed by atoms with Crippen molar-refractivity contribution in [3.8, 4) is 0 Å². The molecule has 2 atom stereocenters. The molecule has 0 bridgehead atoms. The molecule has 2 unspecified atom stereocenters. The van der Waals surface area contributed by atoms with Crippen LogP contribution in [0.15, 0.2) is 18.2 Å². The smallest absolute Gasteiger partial charge is 0.128 e. The van der Waals surface area contributed by atoms with Gasteiger partial charge in [0.05, 0.1) is 12.2 Å². The number of benzene rings is 1. The SMILES string of the molecule is CC(NCC(C)(O)CO)c1cc(F)ccc1F. The van der Waals surface area contributed by atoms with E-state index in [4.69, 9.17) is 5.11 Å². The lowest BCUT2D eigenvalue weighted by molar-refractivity contribution is 0.000985. The fourth-order valence-electron chi connectivity index (χ4n) is 1.39. The Labute approximate surface area is 99.1 Å². The molecule has 3 N–H and O–H groups in total. The van der Waals surface area contributed by atoms with Crippen LogP contribution in [0.25, 0.3) is 0 Å². The summed E-state index contributed by atoms with van der Waals surface area (Å²) >= 11 is 0. The molecule has 0 amide bonds. The van der Waals surface area contributed by atoms with Crippen LogP contribution in [-0.2, 0) is 0 Å². The summed E-state index contributed by atoms with van der Waals surface area (Å²) < 4.78 is 26.4. The highest BCUT2D eigenvalue weighted by molar-refractivity contribution is 5.21. The Bertz CT molecular complexity index is 383. The lowest BCUT2D eigenvalue weighted by Crippen LogP contribution is -2.41. The molecule has 0 aliphatic carbocycles. The van der Waals surface area contributed by atoms with Crippen LogP contribution in [0, 0.1) is 11.6 Å². The average molecular weight is 245 g/mol. The molecule has 5 heteroatoms. The first-order chi connectivity index (χ1) is 7.85. The summed E-state index contributed by atoms with van der Waals surface area (Å²) in [6.45, 7) is 2.79. The average Bonchev–Trinajstić information content (AvgIpc) is 2.29. The summed E-state index contributed by atoms with van der Waals surface area (Å²) in [5.74, 6) is -1.01. The molecule has 96 valence electrons. The Morgan fingerprint density at radius 1 is 1.41 bits per heavy atom. The van der Waals surface area contributed by atoms with Gasteiger partial charge in [0.2, 0.25) is 0 Å². The van der Waals surface area contributed by atoms with Crippen LogP contribution < -0.4 is 5.32 Å². The zero-order valence-electron chi connectivity index (χ0n) is 9.87. The minimum absolute atomic E-state index is 0.0839. The normalized spacial score (nSPS) is 16.6. The van der Waals surface area contributed by atoms with Crippen molar-refractivity contribution in [1.29, 1.82) is 0 Å². The molecular weight excluding hydrogens is 228 g/mol. The van der Waals surface area contributed by atoms with Crippen molar-refractivity contribution in [3.63, 3.8) is 0 Å². The van der Waals surface area contributed by atoms with Gasteiger partial charge in [-0.25, -0.2) is 8.78 Å². The third-order valence-corrected chi connectivity index (χ3v) is 2.55. The van der Waals surface area contributed by atoms with E-state index in [9.17, 15) is 13.9 Å². The number of nitrogens with one attached hydrogen (secondary N) is 1. The number of hydrogen-bond donors (Lipinski definition) is 3. The monoisotopic (exact) mass is 245 g/mol. The maximum atomic E-state index is 13.4. The first-order valence-electron chi connectivity index (χ1n) is 5.37. The van der Waals surface area contributed by atoms with Crippen molar-refractivity contribution in [1.82, 2.24) is 5.32 Å². The van der Waals surface area contributed by atoms with Gasteiger partial charge in [-0.3, -0.25) is 0 Å². The Balaban J connectivity index is 2.70. The molecule has 3 nitrogen and oxygen atoms in total. The van der Waals surface area contributed by atoms with Gasteiger partial charge in [0.25, 0.3) is 0 Å². The molecule has 1 rings (SSSR count). The van der Waals surface area contributed by atoms with E-state index in [2.05, 4.69) is 5.32 Å². The van der Waals surface area contributed by atoms with E-state index in [0.717, 1.165) is 18.2 Å². The summed E-state index contributed by atoms with van der Waals surface area (Å²) in [5.41, 5.74) is -1.09. The van der Waals surface area contributed by atoms with Crippen molar-refractivity contribution < 1.29 is 19.0 Å². The van der Waals surface area contributed by atoms with E-state index in [0.29, 0.717) is 0 Å². The van der Waals surface area contributed by atoms with Crippen molar-refractivity contribution >= 4 is 0 Å². The summed E-state index contributed by atoms with van der Waals surface area (Å²) in [6, 6.07) is 2.77. The molecule has 0 heterocycles. The fourth-order valence-corrected chi connectivity index (χ4v) is 1.39. The molecule has 17 heavy (non-hydrogen) atoms. The van der Waals surface area contributed by atoms with Crippen molar-refractivity contribution in [2.45, 2.75) is 25.5 Å². The van der Waals surface area contributed by atoms with Crippen LogP contribution in [-0.4, -0.2) is 29.0 Å². The highest BCUT2D eigenvalue weighted by atomic mass is 19.1. The standard InChI is InChI=1S/C12H17F2NO2/c1-8(15-6-12(2,17)7-16)10-5-9(13)3-4-11(10)14/h3-5,8,15-17H,6-7H2,1-2H3. The van der Waals surface area contributed by atoms with Crippen LogP contribution in [0.4, 0.5) is 8.78 Å². The van der Waals surface area contributed by atoms with Crippen LogP contribution in [0.2, 0.25) is 0 Å². The van der Waals surface area contributed by atoms with Crippen LogP contribution >= 0.6 is 0 Å². The lowest BCUT2D eigenvalue weighted by Gasteiger charge is -2.24. The van der Waals surface area contributed by atoms with Gasteiger partial charge in [-0.1, -0.05) is 0 Å². The van der Waals surface area contributed by atoms with E-state index < -0.39 is 29.9 Å². The molecule has 0 aliphatic heterocycles. The molecule has 0 saturated heterocycles. The zero-order chi connectivity index (χ0) is 13.1. The topological polar surface area (TPSA) is 52.5 Å². The minimum atomic E-state index is -1.28. The third kappa shape index (κ3) is 4.03. The summed E-state index contributed by atoms with van der Waals surface area (Å²) in [6.07, 6.45) is 0. The molecule has 1 aromatic rings. The van der Waals surface area contributed by atoms with Gasteiger partial charge in [-0.15, -0.1) is 0 Å². The second kappa shape index (κ2) is 5.53. The highest BCUT2D eigenvalue weighted by Crippen LogP contribution is 2.18.